The highest BCUT2D eigenvalue weighted by Crippen LogP contribution is 2.17. The van der Waals surface area contributed by atoms with E-state index in [0.29, 0.717) is 0 Å². The largest absolute Gasteiger partial charge is 0.478 e. The lowest BCUT2D eigenvalue weighted by molar-refractivity contribution is 0.0262. The summed E-state index contributed by atoms with van der Waals surface area (Å²) in [6.45, 7) is 6.42. The van der Waals surface area contributed by atoms with Gasteiger partial charge in [0.2, 0.25) is 0 Å². The summed E-state index contributed by atoms with van der Waals surface area (Å²) in [4.78, 5) is 23.4. The van der Waals surface area contributed by atoms with Gasteiger partial charge >= 0.3 is 11.9 Å². The molecule has 0 fully saturated rings. The molecule has 1 unspecified atom stereocenters. The zero-order chi connectivity index (χ0) is 17.2. The Kier molecular flexibility index (Phi) is 8.38. The van der Waals surface area contributed by atoms with Crippen molar-refractivity contribution in [3.63, 3.8) is 0 Å². The lowest BCUT2D eigenvalue weighted by Crippen LogP contribution is -2.19. The Hall–Kier alpha value is -1.84. The molecule has 1 atom stereocenters. The predicted octanol–water partition coefficient (Wildman–Crippen LogP) is 4.93. The van der Waals surface area contributed by atoms with Gasteiger partial charge in [-0.25, -0.2) is 9.59 Å². The number of carboxylic acids is 1. The van der Waals surface area contributed by atoms with E-state index in [-0.39, 0.29) is 17.2 Å². The fourth-order valence-electron chi connectivity index (χ4n) is 2.51. The number of esters is 1. The smallest absolute Gasteiger partial charge is 0.339 e. The third-order valence-corrected chi connectivity index (χ3v) is 3.91. The van der Waals surface area contributed by atoms with Crippen molar-refractivity contribution < 1.29 is 19.4 Å². The topological polar surface area (TPSA) is 63.6 Å². The second-order valence-electron chi connectivity index (χ2n) is 6.32. The van der Waals surface area contributed by atoms with E-state index in [4.69, 9.17) is 9.84 Å². The van der Waals surface area contributed by atoms with Crippen LogP contribution < -0.4 is 0 Å². The predicted molar refractivity (Wildman–Crippen MR) is 90.8 cm³/mol. The van der Waals surface area contributed by atoms with Crippen LogP contribution in [0.2, 0.25) is 0 Å². The Labute approximate surface area is 138 Å². The van der Waals surface area contributed by atoms with Crippen molar-refractivity contribution in [2.75, 3.05) is 0 Å². The molecule has 0 bridgehead atoms. The molecular formula is C19H28O4. The number of benzene rings is 1. The van der Waals surface area contributed by atoms with Gasteiger partial charge in [-0.2, -0.15) is 0 Å². The number of hydrogen-bond donors (Lipinski definition) is 1. The van der Waals surface area contributed by atoms with Crippen LogP contribution >= 0.6 is 0 Å². The highest BCUT2D eigenvalue weighted by atomic mass is 16.5. The average Bonchev–Trinajstić information content (AvgIpc) is 2.52. The molecule has 0 saturated heterocycles. The third-order valence-electron chi connectivity index (χ3n) is 3.91. The van der Waals surface area contributed by atoms with Gasteiger partial charge in [0.05, 0.1) is 11.1 Å². The number of carbonyl (C=O) groups is 2. The van der Waals surface area contributed by atoms with Crippen LogP contribution in [-0.4, -0.2) is 23.1 Å². The lowest BCUT2D eigenvalue weighted by atomic mass is 10.0. The number of rotatable bonds is 10. The maximum absolute atomic E-state index is 12.2. The van der Waals surface area contributed by atoms with Crippen molar-refractivity contribution in [3.8, 4) is 0 Å². The Morgan fingerprint density at radius 3 is 2.22 bits per heavy atom. The van der Waals surface area contributed by atoms with Crippen LogP contribution in [0, 0.1) is 5.92 Å². The second-order valence-corrected chi connectivity index (χ2v) is 6.32. The highest BCUT2D eigenvalue weighted by Gasteiger charge is 2.20. The van der Waals surface area contributed by atoms with Crippen LogP contribution in [-0.2, 0) is 4.74 Å². The minimum Gasteiger partial charge on any atom is -0.478 e. The highest BCUT2D eigenvalue weighted by molar-refractivity contribution is 6.02. The van der Waals surface area contributed by atoms with Gasteiger partial charge in [0.15, 0.2) is 0 Å². The molecule has 0 aliphatic heterocycles. The minimum absolute atomic E-state index is 0.00992. The van der Waals surface area contributed by atoms with Crippen molar-refractivity contribution in [2.24, 2.45) is 5.92 Å². The van der Waals surface area contributed by atoms with Gasteiger partial charge in [0, 0.05) is 0 Å². The number of ether oxygens (including phenoxy) is 1. The Balaban J connectivity index is 2.52. The normalized spacial score (nSPS) is 12.2. The van der Waals surface area contributed by atoms with Gasteiger partial charge < -0.3 is 9.84 Å². The van der Waals surface area contributed by atoms with Gasteiger partial charge in [-0.3, -0.25) is 0 Å². The van der Waals surface area contributed by atoms with E-state index in [9.17, 15) is 9.59 Å². The van der Waals surface area contributed by atoms with E-state index in [1.807, 2.05) is 6.92 Å². The minimum atomic E-state index is -1.11. The zero-order valence-corrected chi connectivity index (χ0v) is 14.4. The quantitative estimate of drug-likeness (QED) is 0.490. The number of unbranched alkanes of at least 4 members (excludes halogenated alkanes) is 2. The van der Waals surface area contributed by atoms with Crippen molar-refractivity contribution in [2.45, 2.75) is 65.4 Å². The van der Waals surface area contributed by atoms with E-state index in [1.54, 1.807) is 12.1 Å². The van der Waals surface area contributed by atoms with E-state index < -0.39 is 11.9 Å². The maximum atomic E-state index is 12.2. The van der Waals surface area contributed by atoms with Crippen LogP contribution in [0.25, 0.3) is 0 Å². The fourth-order valence-corrected chi connectivity index (χ4v) is 2.51. The van der Waals surface area contributed by atoms with Gasteiger partial charge in [-0.1, -0.05) is 52.2 Å². The molecule has 0 amide bonds. The molecule has 0 spiro atoms. The molecule has 0 aliphatic rings. The summed E-state index contributed by atoms with van der Waals surface area (Å²) >= 11 is 0. The molecule has 0 aromatic heterocycles. The molecule has 1 aromatic rings. The molecule has 128 valence electrons. The first kappa shape index (κ1) is 19.2. The van der Waals surface area contributed by atoms with Crippen LogP contribution in [0.15, 0.2) is 24.3 Å². The van der Waals surface area contributed by atoms with Crippen LogP contribution in [0.5, 0.6) is 0 Å². The average molecular weight is 320 g/mol. The van der Waals surface area contributed by atoms with Crippen molar-refractivity contribution in [1.82, 2.24) is 0 Å². The van der Waals surface area contributed by atoms with Gasteiger partial charge in [-0.15, -0.1) is 0 Å². The number of aromatic carboxylic acids is 1. The number of carboxylic acid groups (broad SMARTS) is 1. The van der Waals surface area contributed by atoms with E-state index in [1.165, 1.54) is 25.0 Å². The summed E-state index contributed by atoms with van der Waals surface area (Å²) in [5.41, 5.74) is 0.113. The summed E-state index contributed by atoms with van der Waals surface area (Å²) in [5, 5.41) is 9.14. The lowest BCUT2D eigenvalue weighted by Gasteiger charge is -2.17. The molecular weight excluding hydrogens is 292 g/mol. The SMILES string of the molecule is CCC(CCCCCC(C)C)OC(=O)c1ccccc1C(=O)O. The molecule has 1 aromatic carbocycles. The van der Waals surface area contributed by atoms with E-state index >= 15 is 0 Å². The number of carbonyl (C=O) groups excluding carboxylic acids is 1. The maximum Gasteiger partial charge on any atom is 0.339 e. The summed E-state index contributed by atoms with van der Waals surface area (Å²) in [6.07, 6.45) is 6.01. The second kappa shape index (κ2) is 10.0. The first-order valence-electron chi connectivity index (χ1n) is 8.49. The first-order valence-corrected chi connectivity index (χ1v) is 8.49. The molecule has 4 nitrogen and oxygen atoms in total. The first-order chi connectivity index (χ1) is 11.0. The Morgan fingerprint density at radius 2 is 1.65 bits per heavy atom. The van der Waals surface area contributed by atoms with Crippen molar-refractivity contribution >= 4 is 11.9 Å². The molecule has 4 heteroatoms. The Bertz CT molecular complexity index is 508. The van der Waals surface area contributed by atoms with E-state index in [2.05, 4.69) is 13.8 Å². The molecule has 0 saturated carbocycles. The van der Waals surface area contributed by atoms with Crippen molar-refractivity contribution in [1.29, 1.82) is 0 Å². The summed E-state index contributed by atoms with van der Waals surface area (Å²) < 4.78 is 5.50. The molecule has 1 rings (SSSR count). The van der Waals surface area contributed by atoms with Gasteiger partial charge in [-0.05, 0) is 37.3 Å². The monoisotopic (exact) mass is 320 g/mol. The molecule has 0 heterocycles. The molecule has 1 N–H and O–H groups in total. The standard InChI is InChI=1S/C19H28O4/c1-4-15(11-7-5-6-10-14(2)3)23-19(22)17-13-9-8-12-16(17)18(20)21/h8-9,12-15H,4-7,10-11H2,1-3H3,(H,20,21). The van der Waals surface area contributed by atoms with Crippen LogP contribution in [0.4, 0.5) is 0 Å². The van der Waals surface area contributed by atoms with Crippen LogP contribution in [0.1, 0.15) is 80.0 Å². The molecule has 23 heavy (non-hydrogen) atoms. The zero-order valence-electron chi connectivity index (χ0n) is 14.4. The van der Waals surface area contributed by atoms with E-state index in [0.717, 1.165) is 31.6 Å². The molecule has 0 radical (unpaired) electrons. The Morgan fingerprint density at radius 1 is 1.04 bits per heavy atom. The fraction of sp³-hybridized carbons (Fsp3) is 0.579. The third kappa shape index (κ3) is 6.85. The summed E-state index contributed by atoms with van der Waals surface area (Å²) in [7, 11) is 0. The van der Waals surface area contributed by atoms with Gasteiger partial charge in [0.25, 0.3) is 0 Å². The summed E-state index contributed by atoms with van der Waals surface area (Å²) in [6, 6.07) is 6.18. The van der Waals surface area contributed by atoms with Gasteiger partial charge in [0.1, 0.15) is 6.10 Å². The molecule has 0 aliphatic carbocycles. The number of hydrogen-bond acceptors (Lipinski definition) is 3. The summed E-state index contributed by atoms with van der Waals surface area (Å²) in [5.74, 6) is -0.932. The van der Waals surface area contributed by atoms with Crippen molar-refractivity contribution in [3.05, 3.63) is 35.4 Å². The van der Waals surface area contributed by atoms with Crippen LogP contribution in [0.3, 0.4) is 0 Å².